The lowest BCUT2D eigenvalue weighted by Gasteiger charge is -2.40. The van der Waals surface area contributed by atoms with E-state index in [-0.39, 0.29) is 0 Å². The van der Waals surface area contributed by atoms with E-state index in [1.807, 2.05) is 20.8 Å². The minimum atomic E-state index is -5.18. The summed E-state index contributed by atoms with van der Waals surface area (Å²) in [5.74, 6) is -0.635. The first kappa shape index (κ1) is 26.3. The Morgan fingerprint density at radius 1 is 0.629 bits per heavy atom. The van der Waals surface area contributed by atoms with Gasteiger partial charge < -0.3 is 18.4 Å². The topological polar surface area (TPSA) is 54.0 Å². The molecule has 0 saturated heterocycles. The highest BCUT2D eigenvalue weighted by Gasteiger charge is 2.47. The normalized spacial score (nSPS) is 12.1. The second-order valence-corrected chi connectivity index (χ2v) is 9.83. The molecule has 0 amide bonds. The molecule has 0 aliphatic heterocycles. The number of hydrogen-bond donors (Lipinski definition) is 0. The fourth-order valence-electron chi connectivity index (χ4n) is 3.40. The fraction of sp³-hybridized carbons (Fsp3) is 0.269. The second kappa shape index (κ2) is 11.4. The van der Waals surface area contributed by atoms with Gasteiger partial charge in [0.05, 0.1) is 19.8 Å². The van der Waals surface area contributed by atoms with Gasteiger partial charge >= 0.3 is 12.1 Å². The summed E-state index contributed by atoms with van der Waals surface area (Å²) < 4.78 is 62.4. The van der Waals surface area contributed by atoms with Gasteiger partial charge in [0.25, 0.3) is 0 Å². The van der Waals surface area contributed by atoms with Crippen LogP contribution in [-0.2, 0) is 8.98 Å². The maximum Gasteiger partial charge on any atom is 0.491 e. The Morgan fingerprint density at radius 3 is 1.14 bits per heavy atom. The molecular formula is C26H27F3O5S. The van der Waals surface area contributed by atoms with Crippen LogP contribution in [0.1, 0.15) is 20.8 Å². The first-order chi connectivity index (χ1) is 16.7. The number of alkyl halides is 3. The van der Waals surface area contributed by atoms with Gasteiger partial charge in [0.1, 0.15) is 17.2 Å². The molecule has 0 saturated carbocycles. The van der Waals surface area contributed by atoms with Crippen molar-refractivity contribution >= 4 is 16.3 Å². The first-order valence-electron chi connectivity index (χ1n) is 11.1. The van der Waals surface area contributed by atoms with Crippen molar-refractivity contribution in [2.24, 2.45) is 0 Å². The lowest BCUT2D eigenvalue weighted by molar-refractivity contribution is -0.188. The van der Waals surface area contributed by atoms with Crippen molar-refractivity contribution in [1.82, 2.24) is 0 Å². The largest absolute Gasteiger partial charge is 0.494 e. The smallest absolute Gasteiger partial charge is 0.491 e. The lowest BCUT2D eigenvalue weighted by Crippen LogP contribution is -2.27. The molecule has 5 nitrogen and oxygen atoms in total. The number of halogens is 3. The Bertz CT molecular complexity index is 977. The number of carbonyl (C=O) groups excluding carboxylic acids is 1. The number of rotatable bonds is 10. The van der Waals surface area contributed by atoms with Crippen LogP contribution < -0.4 is 14.2 Å². The Kier molecular flexibility index (Phi) is 8.56. The summed E-state index contributed by atoms with van der Waals surface area (Å²) in [4.78, 5) is 13.5. The van der Waals surface area contributed by atoms with Crippen LogP contribution >= 0.6 is 10.3 Å². The third-order valence-electron chi connectivity index (χ3n) is 4.83. The zero-order valence-electron chi connectivity index (χ0n) is 19.6. The van der Waals surface area contributed by atoms with E-state index in [1.54, 1.807) is 72.8 Å². The molecule has 0 unspecified atom stereocenters. The molecule has 0 fully saturated rings. The Hall–Kier alpha value is -3.33. The molecule has 3 aromatic carbocycles. The Labute approximate surface area is 204 Å². The molecule has 0 N–H and O–H groups in total. The highest BCUT2D eigenvalue weighted by molar-refractivity contribution is 8.30. The summed E-state index contributed by atoms with van der Waals surface area (Å²) in [5, 5.41) is 0. The van der Waals surface area contributed by atoms with Crippen LogP contribution in [0.2, 0.25) is 0 Å². The van der Waals surface area contributed by atoms with Gasteiger partial charge in [0.15, 0.2) is 0 Å². The highest BCUT2D eigenvalue weighted by Crippen LogP contribution is 2.70. The molecule has 0 heterocycles. The maximum absolute atomic E-state index is 13.5. The second-order valence-electron chi connectivity index (χ2n) is 7.14. The van der Waals surface area contributed by atoms with E-state index in [9.17, 15) is 18.0 Å². The quantitative estimate of drug-likeness (QED) is 0.290. The van der Waals surface area contributed by atoms with Crippen molar-refractivity contribution in [2.75, 3.05) is 19.8 Å². The van der Waals surface area contributed by atoms with Crippen molar-refractivity contribution in [3.8, 4) is 17.2 Å². The number of hydrogen-bond acceptors (Lipinski definition) is 5. The van der Waals surface area contributed by atoms with E-state index in [0.717, 1.165) is 0 Å². The molecule has 188 valence electrons. The average Bonchev–Trinajstić information content (AvgIpc) is 2.84. The van der Waals surface area contributed by atoms with Crippen LogP contribution in [0.15, 0.2) is 87.5 Å². The summed E-state index contributed by atoms with van der Waals surface area (Å²) in [5.41, 5.74) is 0. The van der Waals surface area contributed by atoms with Crippen LogP contribution in [0.3, 0.4) is 0 Å². The third kappa shape index (κ3) is 6.03. The van der Waals surface area contributed by atoms with Gasteiger partial charge in [0.2, 0.25) is 0 Å². The van der Waals surface area contributed by atoms with Crippen molar-refractivity contribution in [3.05, 3.63) is 72.8 Å². The number of ether oxygens (including phenoxy) is 3. The van der Waals surface area contributed by atoms with Crippen LogP contribution in [0, 0.1) is 0 Å². The van der Waals surface area contributed by atoms with Gasteiger partial charge in [0, 0.05) is 14.7 Å². The molecule has 0 radical (unpaired) electrons. The molecule has 0 spiro atoms. The average molecular weight is 509 g/mol. The summed E-state index contributed by atoms with van der Waals surface area (Å²) >= 11 is 0. The molecular weight excluding hydrogens is 481 g/mol. The van der Waals surface area contributed by atoms with Crippen LogP contribution in [0.5, 0.6) is 17.2 Å². The van der Waals surface area contributed by atoms with E-state index in [1.165, 1.54) is 0 Å². The molecule has 35 heavy (non-hydrogen) atoms. The zero-order chi connectivity index (χ0) is 25.5. The Balaban J connectivity index is 2.26. The van der Waals surface area contributed by atoms with Crippen molar-refractivity contribution in [1.29, 1.82) is 0 Å². The van der Waals surface area contributed by atoms with E-state index >= 15 is 0 Å². The van der Waals surface area contributed by atoms with Gasteiger partial charge in [-0.25, -0.2) is 4.79 Å². The summed E-state index contributed by atoms with van der Waals surface area (Å²) in [7, 11) is -3.15. The van der Waals surface area contributed by atoms with Crippen molar-refractivity contribution in [3.63, 3.8) is 0 Å². The number of carbonyl (C=O) groups is 1. The minimum absolute atomic E-state index is 0.395. The molecule has 0 aliphatic rings. The van der Waals surface area contributed by atoms with E-state index in [0.29, 0.717) is 51.8 Å². The molecule has 0 aromatic heterocycles. The third-order valence-corrected chi connectivity index (χ3v) is 8.04. The van der Waals surface area contributed by atoms with Crippen molar-refractivity contribution < 1.29 is 36.4 Å². The van der Waals surface area contributed by atoms with Gasteiger partial charge in [-0.3, -0.25) is 0 Å². The standard InChI is InChI=1S/C26H27F3O5S/c1-4-31-19-7-13-22(14-8-19)35(34-25(30)26(27,28)29,23-15-9-20(10-16-23)32-5-2)24-17-11-21(12-18-24)33-6-3/h7-18H,4-6H2,1-3H3. The predicted octanol–water partition coefficient (Wildman–Crippen LogP) is 7.18. The maximum atomic E-state index is 13.5. The predicted molar refractivity (Wildman–Crippen MR) is 127 cm³/mol. The lowest BCUT2D eigenvalue weighted by atomic mass is 10.3. The van der Waals surface area contributed by atoms with E-state index < -0.39 is 22.5 Å². The SMILES string of the molecule is CCOc1ccc(S(OC(=O)C(F)(F)F)(c2ccc(OCC)cc2)c2ccc(OCC)cc2)cc1. The van der Waals surface area contributed by atoms with Crippen LogP contribution in [0.4, 0.5) is 13.2 Å². The van der Waals surface area contributed by atoms with Gasteiger partial charge in [-0.05, 0) is 104 Å². The van der Waals surface area contributed by atoms with Gasteiger partial charge in [-0.1, -0.05) is 0 Å². The zero-order valence-corrected chi connectivity index (χ0v) is 20.4. The summed E-state index contributed by atoms with van der Waals surface area (Å²) in [6, 6.07) is 19.6. The summed E-state index contributed by atoms with van der Waals surface area (Å²) in [6.45, 7) is 6.77. The number of benzene rings is 3. The fourth-order valence-corrected chi connectivity index (χ4v) is 6.38. The molecule has 0 atom stereocenters. The van der Waals surface area contributed by atoms with Crippen LogP contribution in [0.25, 0.3) is 0 Å². The minimum Gasteiger partial charge on any atom is -0.494 e. The van der Waals surface area contributed by atoms with Gasteiger partial charge in [-0.2, -0.15) is 13.2 Å². The van der Waals surface area contributed by atoms with Crippen LogP contribution in [-0.4, -0.2) is 32.0 Å². The Morgan fingerprint density at radius 2 is 0.914 bits per heavy atom. The molecule has 9 heteroatoms. The summed E-state index contributed by atoms with van der Waals surface area (Å²) in [6.07, 6.45) is -5.18. The van der Waals surface area contributed by atoms with E-state index in [4.69, 9.17) is 18.4 Å². The molecule has 3 rings (SSSR count). The van der Waals surface area contributed by atoms with Crippen molar-refractivity contribution in [2.45, 2.75) is 41.6 Å². The molecule has 0 bridgehead atoms. The van der Waals surface area contributed by atoms with E-state index in [2.05, 4.69) is 0 Å². The molecule has 3 aromatic rings. The molecule has 0 aliphatic carbocycles. The highest BCUT2D eigenvalue weighted by atomic mass is 32.3. The first-order valence-corrected chi connectivity index (χ1v) is 12.6. The monoisotopic (exact) mass is 508 g/mol. The van der Waals surface area contributed by atoms with Gasteiger partial charge in [-0.15, -0.1) is 0 Å².